The highest BCUT2D eigenvalue weighted by molar-refractivity contribution is 6.08. The lowest BCUT2D eigenvalue weighted by molar-refractivity contribution is -0.384. The zero-order chi connectivity index (χ0) is 17.1. The van der Waals surface area contributed by atoms with Crippen molar-refractivity contribution in [3.63, 3.8) is 0 Å². The van der Waals surface area contributed by atoms with Gasteiger partial charge in [-0.15, -0.1) is 0 Å². The van der Waals surface area contributed by atoms with Crippen LogP contribution in [0.5, 0.6) is 0 Å². The van der Waals surface area contributed by atoms with E-state index in [1.165, 1.54) is 24.3 Å². The molecular weight excluding hydrogens is 310 g/mol. The number of hydrogen-bond donors (Lipinski definition) is 1. The monoisotopic (exact) mass is 325 g/mol. The van der Waals surface area contributed by atoms with Gasteiger partial charge in [0.25, 0.3) is 11.6 Å². The van der Waals surface area contributed by atoms with Gasteiger partial charge in [0.2, 0.25) is 5.91 Å². The first-order valence-corrected chi connectivity index (χ1v) is 7.51. The number of nitrogens with zero attached hydrogens (tertiary/aromatic N) is 2. The molecule has 1 saturated heterocycles. The van der Waals surface area contributed by atoms with Gasteiger partial charge in [-0.2, -0.15) is 0 Å². The molecule has 24 heavy (non-hydrogen) atoms. The van der Waals surface area contributed by atoms with Crippen molar-refractivity contribution in [3.05, 3.63) is 64.2 Å². The average molecular weight is 325 g/mol. The van der Waals surface area contributed by atoms with Crippen molar-refractivity contribution < 1.29 is 14.5 Å². The minimum atomic E-state index is -0.518. The predicted octanol–water partition coefficient (Wildman–Crippen LogP) is 2.97. The molecule has 7 heteroatoms. The highest BCUT2D eigenvalue weighted by atomic mass is 16.6. The number of nitro benzene ring substituents is 1. The van der Waals surface area contributed by atoms with E-state index in [1.807, 2.05) is 6.07 Å². The molecule has 2 amide bonds. The maximum atomic E-state index is 12.4. The molecule has 1 heterocycles. The van der Waals surface area contributed by atoms with Gasteiger partial charge in [-0.1, -0.05) is 12.1 Å². The van der Waals surface area contributed by atoms with Crippen LogP contribution < -0.4 is 10.2 Å². The third-order valence-corrected chi connectivity index (χ3v) is 3.86. The lowest BCUT2D eigenvalue weighted by Crippen LogP contribution is -2.25. The number of non-ortho nitro benzene ring substituents is 1. The molecule has 0 aromatic heterocycles. The van der Waals surface area contributed by atoms with Gasteiger partial charge in [0.15, 0.2) is 0 Å². The van der Waals surface area contributed by atoms with Gasteiger partial charge in [0.05, 0.1) is 16.3 Å². The van der Waals surface area contributed by atoms with E-state index in [2.05, 4.69) is 5.32 Å². The number of anilines is 2. The van der Waals surface area contributed by atoms with Gasteiger partial charge >= 0.3 is 0 Å². The van der Waals surface area contributed by atoms with E-state index in [0.29, 0.717) is 29.9 Å². The first kappa shape index (κ1) is 15.7. The van der Waals surface area contributed by atoms with Crippen LogP contribution in [0.4, 0.5) is 17.1 Å². The Morgan fingerprint density at radius 2 is 1.83 bits per heavy atom. The summed E-state index contributed by atoms with van der Waals surface area (Å²) in [6.45, 7) is 0.628. The van der Waals surface area contributed by atoms with Crippen molar-refractivity contribution in [1.29, 1.82) is 0 Å². The average Bonchev–Trinajstić information content (AvgIpc) is 3.01. The fourth-order valence-electron chi connectivity index (χ4n) is 2.65. The van der Waals surface area contributed by atoms with Crippen molar-refractivity contribution in [3.8, 4) is 0 Å². The smallest absolute Gasteiger partial charge is 0.269 e. The van der Waals surface area contributed by atoms with Crippen LogP contribution >= 0.6 is 0 Å². The summed E-state index contributed by atoms with van der Waals surface area (Å²) >= 11 is 0. The Hall–Kier alpha value is -3.22. The lowest BCUT2D eigenvalue weighted by Gasteiger charge is -2.20. The minimum Gasteiger partial charge on any atom is -0.320 e. The maximum absolute atomic E-state index is 12.4. The molecule has 1 aliphatic heterocycles. The molecular formula is C17H15N3O4. The summed E-state index contributed by atoms with van der Waals surface area (Å²) in [5.74, 6) is -0.351. The molecule has 0 radical (unpaired) electrons. The molecule has 0 bridgehead atoms. The summed E-state index contributed by atoms with van der Waals surface area (Å²) in [6.07, 6.45) is 1.30. The Bertz CT molecular complexity index is 802. The molecule has 7 nitrogen and oxygen atoms in total. The zero-order valence-corrected chi connectivity index (χ0v) is 12.8. The number of rotatable bonds is 4. The third kappa shape index (κ3) is 3.10. The molecule has 0 unspecified atom stereocenters. The van der Waals surface area contributed by atoms with Crippen molar-refractivity contribution in [2.75, 3.05) is 16.8 Å². The Labute approximate surface area is 138 Å². The first-order valence-electron chi connectivity index (χ1n) is 7.51. The number of nitrogens with one attached hydrogen (secondary N) is 1. The van der Waals surface area contributed by atoms with Crippen molar-refractivity contribution in [2.24, 2.45) is 0 Å². The van der Waals surface area contributed by atoms with Crippen LogP contribution in [0, 0.1) is 10.1 Å². The third-order valence-electron chi connectivity index (χ3n) is 3.86. The maximum Gasteiger partial charge on any atom is 0.269 e. The van der Waals surface area contributed by atoms with Gasteiger partial charge in [-0.05, 0) is 30.7 Å². The fourth-order valence-corrected chi connectivity index (χ4v) is 2.65. The van der Waals surface area contributed by atoms with E-state index in [4.69, 9.17) is 0 Å². The van der Waals surface area contributed by atoms with Crippen molar-refractivity contribution in [1.82, 2.24) is 0 Å². The standard InChI is InChI=1S/C17H15N3O4/c21-16-6-3-11-19(16)15-5-2-1-4-14(15)18-17(22)12-7-9-13(10-8-12)20(23)24/h1-2,4-5,7-10H,3,6,11H2,(H,18,22). The molecule has 0 atom stereocenters. The van der Waals surface area contributed by atoms with Crippen LogP contribution in [-0.2, 0) is 4.79 Å². The number of para-hydroxylation sites is 2. The molecule has 1 aliphatic rings. The quantitative estimate of drug-likeness (QED) is 0.691. The van der Waals surface area contributed by atoms with E-state index in [0.717, 1.165) is 6.42 Å². The molecule has 0 aliphatic carbocycles. The van der Waals surface area contributed by atoms with Gasteiger partial charge in [-0.25, -0.2) is 0 Å². The second-order valence-electron chi connectivity index (χ2n) is 5.42. The molecule has 0 saturated carbocycles. The topological polar surface area (TPSA) is 92.6 Å². The minimum absolute atomic E-state index is 0.0343. The molecule has 2 aromatic carbocycles. The Morgan fingerprint density at radius 1 is 1.12 bits per heavy atom. The largest absolute Gasteiger partial charge is 0.320 e. The SMILES string of the molecule is O=C(Nc1ccccc1N1CCCC1=O)c1ccc([N+](=O)[O-])cc1. The first-order chi connectivity index (χ1) is 11.6. The molecule has 1 N–H and O–H groups in total. The van der Waals surface area contributed by atoms with E-state index in [9.17, 15) is 19.7 Å². The molecule has 3 rings (SSSR count). The summed E-state index contributed by atoms with van der Waals surface area (Å²) < 4.78 is 0. The normalized spacial score (nSPS) is 13.8. The number of carbonyl (C=O) groups is 2. The van der Waals surface area contributed by atoms with E-state index in [1.54, 1.807) is 23.1 Å². The van der Waals surface area contributed by atoms with E-state index in [-0.39, 0.29) is 17.5 Å². The van der Waals surface area contributed by atoms with Gasteiger partial charge in [0, 0.05) is 30.7 Å². The summed E-state index contributed by atoms with van der Waals surface area (Å²) in [7, 11) is 0. The molecule has 2 aromatic rings. The second-order valence-corrected chi connectivity index (χ2v) is 5.42. The highest BCUT2D eigenvalue weighted by Crippen LogP contribution is 2.29. The Kier molecular flexibility index (Phi) is 4.24. The van der Waals surface area contributed by atoms with Crippen LogP contribution in [0.1, 0.15) is 23.2 Å². The summed E-state index contributed by atoms with van der Waals surface area (Å²) in [5.41, 5.74) is 1.43. The lowest BCUT2D eigenvalue weighted by atomic mass is 10.1. The van der Waals surface area contributed by atoms with Gasteiger partial charge < -0.3 is 10.2 Å². The molecule has 122 valence electrons. The number of hydrogen-bond acceptors (Lipinski definition) is 4. The van der Waals surface area contributed by atoms with Crippen molar-refractivity contribution in [2.45, 2.75) is 12.8 Å². The van der Waals surface area contributed by atoms with E-state index >= 15 is 0 Å². The second kappa shape index (κ2) is 6.49. The Balaban J connectivity index is 1.82. The van der Waals surface area contributed by atoms with Gasteiger partial charge in [-0.3, -0.25) is 19.7 Å². The summed E-state index contributed by atoms with van der Waals surface area (Å²) in [5, 5.41) is 13.4. The predicted molar refractivity (Wildman–Crippen MR) is 89.1 cm³/mol. The molecule has 1 fully saturated rings. The van der Waals surface area contributed by atoms with E-state index < -0.39 is 4.92 Å². The summed E-state index contributed by atoms with van der Waals surface area (Å²) in [6, 6.07) is 12.5. The summed E-state index contributed by atoms with van der Waals surface area (Å²) in [4.78, 5) is 36.1. The van der Waals surface area contributed by atoms with Crippen LogP contribution in [0.25, 0.3) is 0 Å². The number of benzene rings is 2. The number of nitro groups is 1. The number of amides is 2. The highest BCUT2D eigenvalue weighted by Gasteiger charge is 2.24. The van der Waals surface area contributed by atoms with Crippen LogP contribution in [0.15, 0.2) is 48.5 Å². The number of carbonyl (C=O) groups excluding carboxylic acids is 2. The van der Waals surface area contributed by atoms with Crippen LogP contribution in [0.2, 0.25) is 0 Å². The fraction of sp³-hybridized carbons (Fsp3) is 0.176. The van der Waals surface area contributed by atoms with Crippen LogP contribution in [-0.4, -0.2) is 23.3 Å². The van der Waals surface area contributed by atoms with Crippen molar-refractivity contribution >= 4 is 28.9 Å². The Morgan fingerprint density at radius 3 is 2.46 bits per heavy atom. The zero-order valence-electron chi connectivity index (χ0n) is 12.8. The van der Waals surface area contributed by atoms with Crippen LogP contribution in [0.3, 0.4) is 0 Å². The van der Waals surface area contributed by atoms with Gasteiger partial charge in [0.1, 0.15) is 0 Å². The molecule has 0 spiro atoms.